The normalized spacial score (nSPS) is 18.1. The molecule has 1 fully saturated rings. The number of nitrogens with two attached hydrogens (primary N) is 1. The minimum Gasteiger partial charge on any atom is -0.353 e. The number of anilines is 1. The van der Waals surface area contributed by atoms with Crippen molar-refractivity contribution in [1.29, 1.82) is 0 Å². The molecule has 130 valence electrons. The van der Waals surface area contributed by atoms with E-state index in [-0.39, 0.29) is 0 Å². The maximum absolute atomic E-state index is 5.70. The molecule has 6 nitrogen and oxygen atoms in total. The van der Waals surface area contributed by atoms with Crippen LogP contribution in [0.2, 0.25) is 0 Å². The van der Waals surface area contributed by atoms with E-state index >= 15 is 0 Å². The Morgan fingerprint density at radius 1 is 1.25 bits per heavy atom. The van der Waals surface area contributed by atoms with Crippen LogP contribution in [0.5, 0.6) is 0 Å². The molecule has 0 radical (unpaired) electrons. The first kappa shape index (κ1) is 16.9. The van der Waals surface area contributed by atoms with Crippen molar-refractivity contribution in [2.24, 2.45) is 5.73 Å². The second-order valence-corrected chi connectivity index (χ2v) is 6.60. The van der Waals surface area contributed by atoms with Crippen LogP contribution in [0, 0.1) is 13.8 Å². The summed E-state index contributed by atoms with van der Waals surface area (Å²) in [6.45, 7) is 6.74. The maximum atomic E-state index is 5.70. The molecule has 2 N–H and O–H groups in total. The molecule has 3 heterocycles. The molecule has 0 aromatic carbocycles. The third-order valence-electron chi connectivity index (χ3n) is 4.83. The molecule has 0 bridgehead atoms. The van der Waals surface area contributed by atoms with Crippen LogP contribution in [0.15, 0.2) is 18.5 Å². The van der Waals surface area contributed by atoms with Crippen molar-refractivity contribution in [3.63, 3.8) is 0 Å². The highest BCUT2D eigenvalue weighted by atomic mass is 15.2. The number of rotatable bonds is 6. The van der Waals surface area contributed by atoms with Gasteiger partial charge in [-0.25, -0.2) is 15.0 Å². The molecule has 24 heavy (non-hydrogen) atoms. The molecule has 1 aliphatic rings. The molecule has 3 rings (SSSR count). The highest BCUT2D eigenvalue weighted by Gasteiger charge is 2.24. The van der Waals surface area contributed by atoms with Crippen LogP contribution in [0.25, 0.3) is 0 Å². The molecule has 1 saturated heterocycles. The molecule has 2 aromatic heterocycles. The number of piperidine rings is 1. The van der Waals surface area contributed by atoms with Gasteiger partial charge in [0.2, 0.25) is 0 Å². The van der Waals surface area contributed by atoms with E-state index in [1.807, 2.05) is 13.1 Å². The van der Waals surface area contributed by atoms with Crippen LogP contribution >= 0.6 is 0 Å². The van der Waals surface area contributed by atoms with Crippen molar-refractivity contribution in [2.45, 2.75) is 58.5 Å². The van der Waals surface area contributed by atoms with Gasteiger partial charge in [-0.2, -0.15) is 0 Å². The molecule has 6 heteroatoms. The number of hydrogen-bond acceptors (Lipinski definition) is 5. The summed E-state index contributed by atoms with van der Waals surface area (Å²) < 4.78 is 2.23. The standard InChI is InChI=1S/C18H28N6/c1-14-21-16(6-8-19)13-18(22-14)24-10-4-3-5-17(24)7-11-23-12-9-20-15(23)2/h9,12-13,17H,3-8,10-11,19H2,1-2H3/t17-/m0/s1. The van der Waals surface area contributed by atoms with Crippen molar-refractivity contribution < 1.29 is 0 Å². The number of aromatic nitrogens is 4. The fraction of sp³-hybridized carbons (Fsp3) is 0.611. The van der Waals surface area contributed by atoms with E-state index < -0.39 is 0 Å². The first-order valence-electron chi connectivity index (χ1n) is 8.96. The predicted octanol–water partition coefficient (Wildman–Crippen LogP) is 2.24. The summed E-state index contributed by atoms with van der Waals surface area (Å²) >= 11 is 0. The van der Waals surface area contributed by atoms with Gasteiger partial charge in [-0.05, 0) is 46.1 Å². The summed E-state index contributed by atoms with van der Waals surface area (Å²) in [7, 11) is 0. The average molecular weight is 328 g/mol. The lowest BCUT2D eigenvalue weighted by Crippen LogP contribution is -2.41. The fourth-order valence-corrected chi connectivity index (χ4v) is 3.57. The van der Waals surface area contributed by atoms with Gasteiger partial charge >= 0.3 is 0 Å². The summed E-state index contributed by atoms with van der Waals surface area (Å²) in [6.07, 6.45) is 9.62. The number of hydrogen-bond donors (Lipinski definition) is 1. The molecular weight excluding hydrogens is 300 g/mol. The van der Waals surface area contributed by atoms with Gasteiger partial charge in [-0.1, -0.05) is 0 Å². The molecule has 0 amide bonds. The van der Waals surface area contributed by atoms with Crippen LogP contribution in [0.4, 0.5) is 5.82 Å². The Labute approximate surface area is 144 Å². The van der Waals surface area contributed by atoms with Crippen LogP contribution < -0.4 is 10.6 Å². The van der Waals surface area contributed by atoms with Gasteiger partial charge in [-0.3, -0.25) is 0 Å². The van der Waals surface area contributed by atoms with Gasteiger partial charge in [0.15, 0.2) is 0 Å². The van der Waals surface area contributed by atoms with Gasteiger partial charge in [0.1, 0.15) is 17.5 Å². The first-order chi connectivity index (χ1) is 11.7. The van der Waals surface area contributed by atoms with E-state index in [4.69, 9.17) is 10.7 Å². The van der Waals surface area contributed by atoms with Crippen LogP contribution in [-0.2, 0) is 13.0 Å². The Hall–Kier alpha value is -1.95. The molecule has 0 aliphatic carbocycles. The third kappa shape index (κ3) is 3.93. The molecule has 1 aliphatic heterocycles. The lowest BCUT2D eigenvalue weighted by molar-refractivity contribution is 0.412. The molecule has 0 spiro atoms. The first-order valence-corrected chi connectivity index (χ1v) is 8.96. The monoisotopic (exact) mass is 328 g/mol. The van der Waals surface area contributed by atoms with E-state index in [1.54, 1.807) is 0 Å². The summed E-state index contributed by atoms with van der Waals surface area (Å²) in [4.78, 5) is 16.0. The van der Waals surface area contributed by atoms with Crippen LogP contribution in [0.1, 0.15) is 43.0 Å². The van der Waals surface area contributed by atoms with Crippen molar-refractivity contribution in [3.8, 4) is 0 Å². The largest absolute Gasteiger partial charge is 0.353 e. The Morgan fingerprint density at radius 2 is 2.12 bits per heavy atom. The SMILES string of the molecule is Cc1nc(CCN)cc(N2CCCC[C@H]2CCn2ccnc2C)n1. The molecule has 0 unspecified atom stereocenters. The van der Waals surface area contributed by atoms with E-state index in [0.717, 1.165) is 49.1 Å². The average Bonchev–Trinajstić information content (AvgIpc) is 2.98. The lowest BCUT2D eigenvalue weighted by atomic mass is 9.99. The van der Waals surface area contributed by atoms with Gasteiger partial charge in [0.25, 0.3) is 0 Å². The summed E-state index contributed by atoms with van der Waals surface area (Å²) in [6, 6.07) is 2.65. The minimum atomic E-state index is 0.528. The Morgan fingerprint density at radius 3 is 2.88 bits per heavy atom. The number of aryl methyl sites for hydroxylation is 3. The molecular formula is C18H28N6. The second kappa shape index (κ2) is 7.75. The Kier molecular flexibility index (Phi) is 5.45. The van der Waals surface area contributed by atoms with Crippen molar-refractivity contribution in [1.82, 2.24) is 19.5 Å². The molecule has 2 aromatic rings. The van der Waals surface area contributed by atoms with Crippen molar-refractivity contribution in [3.05, 3.63) is 35.8 Å². The fourth-order valence-electron chi connectivity index (χ4n) is 3.57. The van der Waals surface area contributed by atoms with Gasteiger partial charge < -0.3 is 15.2 Å². The lowest BCUT2D eigenvalue weighted by Gasteiger charge is -2.37. The number of imidazole rings is 1. The van der Waals surface area contributed by atoms with E-state index in [9.17, 15) is 0 Å². The number of nitrogens with zero attached hydrogens (tertiary/aromatic N) is 5. The quantitative estimate of drug-likeness (QED) is 0.880. The van der Waals surface area contributed by atoms with Crippen LogP contribution in [-0.4, -0.2) is 38.7 Å². The predicted molar refractivity (Wildman–Crippen MR) is 96.1 cm³/mol. The van der Waals surface area contributed by atoms with E-state index in [0.29, 0.717) is 12.6 Å². The smallest absolute Gasteiger partial charge is 0.132 e. The van der Waals surface area contributed by atoms with Crippen molar-refractivity contribution >= 4 is 5.82 Å². The Bertz CT molecular complexity index is 665. The zero-order valence-electron chi connectivity index (χ0n) is 14.8. The zero-order valence-corrected chi connectivity index (χ0v) is 14.8. The summed E-state index contributed by atoms with van der Waals surface area (Å²) in [5, 5.41) is 0. The summed E-state index contributed by atoms with van der Waals surface area (Å²) in [5.74, 6) is 2.99. The van der Waals surface area contributed by atoms with E-state index in [1.165, 1.54) is 19.3 Å². The van der Waals surface area contributed by atoms with Gasteiger partial charge in [-0.15, -0.1) is 0 Å². The highest BCUT2D eigenvalue weighted by Crippen LogP contribution is 2.26. The Balaban J connectivity index is 1.75. The zero-order chi connectivity index (χ0) is 16.9. The second-order valence-electron chi connectivity index (χ2n) is 6.60. The summed E-state index contributed by atoms with van der Waals surface area (Å²) in [5.41, 5.74) is 6.75. The third-order valence-corrected chi connectivity index (χ3v) is 4.83. The molecule has 0 saturated carbocycles. The van der Waals surface area contributed by atoms with Gasteiger partial charge in [0.05, 0.1) is 0 Å². The van der Waals surface area contributed by atoms with Crippen LogP contribution in [0.3, 0.4) is 0 Å². The van der Waals surface area contributed by atoms with Gasteiger partial charge in [0, 0.05) is 49.7 Å². The van der Waals surface area contributed by atoms with Crippen molar-refractivity contribution in [2.75, 3.05) is 18.0 Å². The maximum Gasteiger partial charge on any atom is 0.132 e. The molecule has 1 atom stereocenters. The topological polar surface area (TPSA) is 72.9 Å². The van der Waals surface area contributed by atoms with E-state index in [2.05, 4.69) is 38.6 Å². The minimum absolute atomic E-state index is 0.528. The highest BCUT2D eigenvalue weighted by molar-refractivity contribution is 5.42.